The third-order valence-electron chi connectivity index (χ3n) is 4.89. The van der Waals surface area contributed by atoms with Crippen LogP contribution in [-0.4, -0.2) is 56.6 Å². The van der Waals surface area contributed by atoms with E-state index in [1.807, 2.05) is 11.1 Å². The number of piperazine rings is 1. The van der Waals surface area contributed by atoms with Gasteiger partial charge in [0.25, 0.3) is 0 Å². The van der Waals surface area contributed by atoms with E-state index in [1.165, 1.54) is 24.7 Å². The molecule has 0 saturated carbocycles. The van der Waals surface area contributed by atoms with E-state index in [0.29, 0.717) is 6.42 Å². The van der Waals surface area contributed by atoms with Crippen molar-refractivity contribution in [2.24, 2.45) is 0 Å². The van der Waals surface area contributed by atoms with Crippen LogP contribution in [0.3, 0.4) is 0 Å². The molecule has 2 aromatic rings. The van der Waals surface area contributed by atoms with Crippen LogP contribution in [0.2, 0.25) is 0 Å². The lowest BCUT2D eigenvalue weighted by atomic mass is 9.97. The third kappa shape index (κ3) is 2.98. The molecule has 0 N–H and O–H groups in total. The lowest BCUT2D eigenvalue weighted by molar-refractivity contribution is -0.130. The minimum absolute atomic E-state index is 0.264. The fourth-order valence-corrected chi connectivity index (χ4v) is 3.51. The number of rotatable bonds is 3. The predicted molar refractivity (Wildman–Crippen MR) is 90.7 cm³/mol. The highest BCUT2D eigenvalue weighted by atomic mass is 16.2. The average molecular weight is 326 g/mol. The van der Waals surface area contributed by atoms with Crippen molar-refractivity contribution in [3.8, 4) is 0 Å². The quantitative estimate of drug-likeness (QED) is 0.803. The molecule has 0 aromatic carbocycles. The van der Waals surface area contributed by atoms with Crippen LogP contribution in [0.1, 0.15) is 32.1 Å². The van der Waals surface area contributed by atoms with Crippen LogP contribution in [0.4, 0.5) is 5.82 Å². The summed E-state index contributed by atoms with van der Waals surface area (Å²) >= 11 is 0. The Bertz CT molecular complexity index is 759. The predicted octanol–water partition coefficient (Wildman–Crippen LogP) is 1.66. The minimum Gasteiger partial charge on any atom is -0.352 e. The van der Waals surface area contributed by atoms with Gasteiger partial charge in [-0.15, -0.1) is 0 Å². The fourth-order valence-electron chi connectivity index (χ4n) is 3.51. The topological polar surface area (TPSA) is 66.6 Å². The highest BCUT2D eigenvalue weighted by molar-refractivity contribution is 5.79. The molecule has 0 unspecified atom stereocenters. The maximum absolute atomic E-state index is 12.5. The van der Waals surface area contributed by atoms with Crippen molar-refractivity contribution in [3.63, 3.8) is 0 Å². The van der Waals surface area contributed by atoms with E-state index >= 15 is 0 Å². The first-order valence-corrected chi connectivity index (χ1v) is 8.65. The van der Waals surface area contributed by atoms with Gasteiger partial charge in [0.05, 0.1) is 12.4 Å². The van der Waals surface area contributed by atoms with E-state index in [1.54, 1.807) is 10.7 Å². The van der Waals surface area contributed by atoms with Gasteiger partial charge in [-0.05, 0) is 25.7 Å². The van der Waals surface area contributed by atoms with Crippen LogP contribution in [0.5, 0.6) is 0 Å². The highest BCUT2D eigenvalue weighted by Gasteiger charge is 2.23. The Hall–Kier alpha value is -2.44. The Labute approximate surface area is 141 Å². The molecule has 126 valence electrons. The summed E-state index contributed by atoms with van der Waals surface area (Å²) < 4.78 is 1.80. The Balaban J connectivity index is 1.39. The minimum atomic E-state index is 0.264. The normalized spacial score (nSPS) is 18.8. The zero-order valence-electron chi connectivity index (χ0n) is 13.8. The van der Waals surface area contributed by atoms with Crippen LogP contribution in [0, 0.1) is 0 Å². The van der Waals surface area contributed by atoms with Crippen LogP contribution >= 0.6 is 0 Å². The molecule has 1 amide bonds. The molecule has 2 aliphatic rings. The Morgan fingerprint density at radius 3 is 2.79 bits per heavy atom. The summed E-state index contributed by atoms with van der Waals surface area (Å²) in [6, 6.07) is 0. The van der Waals surface area contributed by atoms with Gasteiger partial charge < -0.3 is 9.80 Å². The standard InChI is InChI=1S/C17H22N6O/c24-17(10-14-4-2-1-3-5-14)22-8-6-21(7-9-22)16-12-18-11-15-19-13-20-23(15)16/h4,11-13H,1-3,5-10H2. The van der Waals surface area contributed by atoms with Gasteiger partial charge in [0, 0.05) is 32.6 Å². The summed E-state index contributed by atoms with van der Waals surface area (Å²) in [5, 5.41) is 4.26. The second kappa shape index (κ2) is 6.59. The number of hydrogen-bond donors (Lipinski definition) is 0. The zero-order chi connectivity index (χ0) is 16.4. The van der Waals surface area contributed by atoms with E-state index in [4.69, 9.17) is 0 Å². The molecule has 24 heavy (non-hydrogen) atoms. The van der Waals surface area contributed by atoms with Crippen molar-refractivity contribution in [3.05, 3.63) is 30.4 Å². The molecule has 1 aliphatic carbocycles. The molecule has 1 aliphatic heterocycles. The summed E-state index contributed by atoms with van der Waals surface area (Å²) in [5.41, 5.74) is 2.07. The fraction of sp³-hybridized carbons (Fsp3) is 0.529. The van der Waals surface area contributed by atoms with Crippen molar-refractivity contribution in [1.82, 2.24) is 24.5 Å². The van der Waals surface area contributed by atoms with Gasteiger partial charge in [-0.3, -0.25) is 9.78 Å². The van der Waals surface area contributed by atoms with Crippen LogP contribution in [0.15, 0.2) is 30.4 Å². The lowest BCUT2D eigenvalue weighted by Gasteiger charge is -2.36. The maximum atomic E-state index is 12.5. The molecule has 2 aromatic heterocycles. The molecule has 4 rings (SSSR count). The number of amides is 1. The largest absolute Gasteiger partial charge is 0.352 e. The molecule has 3 heterocycles. The van der Waals surface area contributed by atoms with E-state index in [2.05, 4.69) is 26.0 Å². The second-order valence-corrected chi connectivity index (χ2v) is 6.45. The molecule has 1 saturated heterocycles. The van der Waals surface area contributed by atoms with Crippen molar-refractivity contribution in [2.45, 2.75) is 32.1 Å². The van der Waals surface area contributed by atoms with Crippen molar-refractivity contribution < 1.29 is 4.79 Å². The first kappa shape index (κ1) is 15.1. The number of carbonyl (C=O) groups is 1. The summed E-state index contributed by atoms with van der Waals surface area (Å²) in [4.78, 5) is 25.1. The van der Waals surface area contributed by atoms with Gasteiger partial charge in [-0.1, -0.05) is 11.6 Å². The monoisotopic (exact) mass is 326 g/mol. The summed E-state index contributed by atoms with van der Waals surface area (Å²) in [6.07, 6.45) is 12.6. The molecule has 7 nitrogen and oxygen atoms in total. The number of hydrogen-bond acceptors (Lipinski definition) is 5. The molecule has 7 heteroatoms. The van der Waals surface area contributed by atoms with Gasteiger partial charge in [0.2, 0.25) is 5.91 Å². The van der Waals surface area contributed by atoms with Crippen molar-refractivity contribution in [2.75, 3.05) is 31.1 Å². The van der Waals surface area contributed by atoms with Gasteiger partial charge in [-0.2, -0.15) is 9.61 Å². The molecule has 0 bridgehead atoms. The first-order valence-electron chi connectivity index (χ1n) is 8.65. The van der Waals surface area contributed by atoms with Crippen molar-refractivity contribution in [1.29, 1.82) is 0 Å². The van der Waals surface area contributed by atoms with Gasteiger partial charge in [-0.25, -0.2) is 4.98 Å². The molecular formula is C17H22N6O. The molecule has 0 atom stereocenters. The maximum Gasteiger partial charge on any atom is 0.226 e. The molecule has 1 fully saturated rings. The van der Waals surface area contributed by atoms with E-state index in [9.17, 15) is 4.79 Å². The number of allylic oxidation sites excluding steroid dienone is 1. The molecule has 0 radical (unpaired) electrons. The summed E-state index contributed by atoms with van der Waals surface area (Å²) in [5.74, 6) is 1.20. The van der Waals surface area contributed by atoms with E-state index in [-0.39, 0.29) is 5.91 Å². The Morgan fingerprint density at radius 1 is 1.12 bits per heavy atom. The average Bonchev–Trinajstić information content (AvgIpc) is 3.11. The zero-order valence-corrected chi connectivity index (χ0v) is 13.8. The molecule has 0 spiro atoms. The third-order valence-corrected chi connectivity index (χ3v) is 4.89. The SMILES string of the molecule is O=C(CC1=CCCCC1)N1CCN(c2cncc3ncnn23)CC1. The van der Waals surface area contributed by atoms with Gasteiger partial charge in [0.15, 0.2) is 11.5 Å². The lowest BCUT2D eigenvalue weighted by Crippen LogP contribution is -2.49. The summed E-state index contributed by atoms with van der Waals surface area (Å²) in [7, 11) is 0. The van der Waals surface area contributed by atoms with E-state index in [0.717, 1.165) is 50.5 Å². The highest BCUT2D eigenvalue weighted by Crippen LogP contribution is 2.22. The van der Waals surface area contributed by atoms with Crippen LogP contribution in [-0.2, 0) is 4.79 Å². The van der Waals surface area contributed by atoms with E-state index < -0.39 is 0 Å². The first-order chi connectivity index (χ1) is 11.8. The van der Waals surface area contributed by atoms with Crippen LogP contribution in [0.25, 0.3) is 5.65 Å². The molecular weight excluding hydrogens is 304 g/mol. The second-order valence-electron chi connectivity index (χ2n) is 6.45. The van der Waals surface area contributed by atoms with Crippen LogP contribution < -0.4 is 4.90 Å². The van der Waals surface area contributed by atoms with Crippen molar-refractivity contribution >= 4 is 17.4 Å². The van der Waals surface area contributed by atoms with Gasteiger partial charge >= 0.3 is 0 Å². The number of carbonyl (C=O) groups excluding carboxylic acids is 1. The number of nitrogens with zero attached hydrogens (tertiary/aromatic N) is 6. The Kier molecular flexibility index (Phi) is 4.15. The number of anilines is 1. The number of fused-ring (bicyclic) bond motifs is 1. The summed E-state index contributed by atoms with van der Waals surface area (Å²) in [6.45, 7) is 3.09. The van der Waals surface area contributed by atoms with Gasteiger partial charge in [0.1, 0.15) is 6.33 Å². The Morgan fingerprint density at radius 2 is 2.00 bits per heavy atom. The smallest absolute Gasteiger partial charge is 0.226 e. The number of aromatic nitrogens is 4.